The van der Waals surface area contributed by atoms with Crippen molar-refractivity contribution in [3.63, 3.8) is 0 Å². The highest BCUT2D eigenvalue weighted by Crippen LogP contribution is 2.37. The number of hydrogen-bond acceptors (Lipinski definition) is 6. The van der Waals surface area contributed by atoms with Gasteiger partial charge in [0.15, 0.2) is 0 Å². The molecule has 2 aliphatic heterocycles. The lowest BCUT2D eigenvalue weighted by Crippen LogP contribution is -2.41. The van der Waals surface area contributed by atoms with Crippen LogP contribution in [0.2, 0.25) is 0 Å². The van der Waals surface area contributed by atoms with Crippen molar-refractivity contribution in [1.29, 1.82) is 0 Å². The minimum Gasteiger partial charge on any atom is -0.491 e. The summed E-state index contributed by atoms with van der Waals surface area (Å²) >= 11 is 0. The van der Waals surface area contributed by atoms with E-state index in [9.17, 15) is 4.79 Å². The third-order valence-electron chi connectivity index (χ3n) is 5.66. The Kier molecular flexibility index (Phi) is 5.84. The summed E-state index contributed by atoms with van der Waals surface area (Å²) in [6, 6.07) is 5.31. The Morgan fingerprint density at radius 1 is 1.19 bits per heavy atom. The van der Waals surface area contributed by atoms with E-state index in [4.69, 9.17) is 23.5 Å². The lowest BCUT2D eigenvalue weighted by Gasteiger charge is -2.32. The highest BCUT2D eigenvalue weighted by Gasteiger charge is 2.53. The van der Waals surface area contributed by atoms with Gasteiger partial charge in [0.2, 0.25) is 0 Å². The predicted octanol–water partition coefficient (Wildman–Crippen LogP) is 2.72. The number of hydrogen-bond donors (Lipinski definition) is 0. The van der Waals surface area contributed by atoms with Crippen molar-refractivity contribution in [3.05, 3.63) is 23.8 Å². The number of carbonyl (C=O) groups is 1. The molecule has 0 spiro atoms. The Morgan fingerprint density at radius 2 is 1.89 bits per heavy atom. The summed E-state index contributed by atoms with van der Waals surface area (Å²) in [6.45, 7) is 9.10. The van der Waals surface area contributed by atoms with Gasteiger partial charge in [-0.15, -0.1) is 0 Å². The molecule has 0 saturated carbocycles. The number of ether oxygens (including phenoxy) is 3. The molecule has 1 aromatic rings. The van der Waals surface area contributed by atoms with Gasteiger partial charge in [-0.1, -0.05) is 6.07 Å². The quantitative estimate of drug-likeness (QED) is 0.582. The van der Waals surface area contributed by atoms with Crippen LogP contribution in [0.4, 0.5) is 0 Å². The molecule has 0 radical (unpaired) electrons. The van der Waals surface area contributed by atoms with Crippen molar-refractivity contribution in [3.8, 4) is 5.75 Å². The average Bonchev–Trinajstić information content (AvgIpc) is 2.87. The second kappa shape index (κ2) is 7.82. The summed E-state index contributed by atoms with van der Waals surface area (Å²) in [5, 5.41) is 0. The van der Waals surface area contributed by atoms with Gasteiger partial charge in [0.25, 0.3) is 0 Å². The molecule has 6 nitrogen and oxygen atoms in total. The molecule has 7 heteroatoms. The number of benzene rings is 1. The second-order valence-corrected chi connectivity index (χ2v) is 8.10. The maximum atomic E-state index is 12.4. The van der Waals surface area contributed by atoms with Crippen LogP contribution in [0.1, 0.15) is 57.3 Å². The van der Waals surface area contributed by atoms with E-state index in [2.05, 4.69) is 0 Å². The summed E-state index contributed by atoms with van der Waals surface area (Å²) in [5.74, 6) is 0.115. The molecule has 0 aliphatic carbocycles. The van der Waals surface area contributed by atoms with E-state index < -0.39 is 24.3 Å². The van der Waals surface area contributed by atoms with Gasteiger partial charge in [0.1, 0.15) is 12.4 Å². The van der Waals surface area contributed by atoms with Crippen molar-refractivity contribution in [2.75, 3.05) is 20.3 Å². The van der Waals surface area contributed by atoms with Gasteiger partial charge in [0.05, 0.1) is 30.0 Å². The van der Waals surface area contributed by atoms with E-state index in [1.165, 1.54) is 7.11 Å². The van der Waals surface area contributed by atoms with E-state index in [0.29, 0.717) is 23.4 Å². The lowest BCUT2D eigenvalue weighted by molar-refractivity contribution is -0.0109. The molecule has 0 amide bonds. The Morgan fingerprint density at radius 3 is 2.48 bits per heavy atom. The molecule has 0 bridgehead atoms. The molecule has 1 unspecified atom stereocenters. The summed E-state index contributed by atoms with van der Waals surface area (Å²) in [5.41, 5.74) is -0.0909. The molecular formula is C20H29BO6. The fourth-order valence-electron chi connectivity index (χ4n) is 3.28. The summed E-state index contributed by atoms with van der Waals surface area (Å²) in [6.07, 6.45) is 3.27. The zero-order valence-corrected chi connectivity index (χ0v) is 16.9. The fraction of sp³-hybridized carbons (Fsp3) is 0.650. The standard InChI is InChI=1S/C20H29BO6/c1-19(2)20(3,4)27-21(26-19)17-15(18(22)23-5)10-8-11-16(17)25-13-14-9-6-7-12-24-14/h8,10-11,14H,6-7,9,12-13H2,1-5H3. The van der Waals surface area contributed by atoms with Gasteiger partial charge in [-0.3, -0.25) is 0 Å². The molecular weight excluding hydrogens is 347 g/mol. The number of carbonyl (C=O) groups excluding carboxylic acids is 1. The van der Waals surface area contributed by atoms with Crippen LogP contribution >= 0.6 is 0 Å². The van der Waals surface area contributed by atoms with Gasteiger partial charge in [-0.25, -0.2) is 4.79 Å². The molecule has 27 heavy (non-hydrogen) atoms. The third-order valence-corrected chi connectivity index (χ3v) is 5.66. The van der Waals surface area contributed by atoms with E-state index in [0.717, 1.165) is 25.9 Å². The van der Waals surface area contributed by atoms with Gasteiger partial charge in [-0.05, 0) is 59.1 Å². The van der Waals surface area contributed by atoms with Crippen LogP contribution in [0.5, 0.6) is 5.75 Å². The van der Waals surface area contributed by atoms with Crippen molar-refractivity contribution >= 4 is 18.6 Å². The molecule has 0 aromatic heterocycles. The minimum atomic E-state index is -0.715. The van der Waals surface area contributed by atoms with Crippen LogP contribution in [0.25, 0.3) is 0 Å². The molecule has 2 heterocycles. The van der Waals surface area contributed by atoms with E-state index in [1.807, 2.05) is 33.8 Å². The highest BCUT2D eigenvalue weighted by molar-refractivity contribution is 6.64. The highest BCUT2D eigenvalue weighted by atomic mass is 16.7. The SMILES string of the molecule is COC(=O)c1cccc(OCC2CCCCO2)c1B1OC(C)(C)C(C)(C)O1. The van der Waals surface area contributed by atoms with Crippen LogP contribution in [0.3, 0.4) is 0 Å². The van der Waals surface area contributed by atoms with Crippen LogP contribution in [-0.2, 0) is 18.8 Å². The molecule has 2 fully saturated rings. The van der Waals surface area contributed by atoms with Gasteiger partial charge < -0.3 is 23.5 Å². The van der Waals surface area contributed by atoms with Crippen molar-refractivity contribution in [1.82, 2.24) is 0 Å². The number of methoxy groups -OCH3 is 1. The minimum absolute atomic E-state index is 0.0617. The maximum Gasteiger partial charge on any atom is 0.499 e. The molecule has 2 aliphatic rings. The number of esters is 1. The topological polar surface area (TPSA) is 63.2 Å². The zero-order valence-electron chi connectivity index (χ0n) is 16.9. The van der Waals surface area contributed by atoms with Crippen molar-refractivity contribution in [2.45, 2.75) is 64.3 Å². The average molecular weight is 376 g/mol. The zero-order chi connectivity index (χ0) is 19.7. The normalized spacial score (nSPS) is 23.9. The van der Waals surface area contributed by atoms with E-state index in [1.54, 1.807) is 12.1 Å². The lowest BCUT2D eigenvalue weighted by atomic mass is 9.75. The third kappa shape index (κ3) is 4.15. The van der Waals surface area contributed by atoms with Crippen molar-refractivity contribution < 1.29 is 28.3 Å². The summed E-state index contributed by atoms with van der Waals surface area (Å²) in [4.78, 5) is 12.4. The molecule has 148 valence electrons. The van der Waals surface area contributed by atoms with Gasteiger partial charge in [-0.2, -0.15) is 0 Å². The van der Waals surface area contributed by atoms with E-state index >= 15 is 0 Å². The van der Waals surface area contributed by atoms with E-state index in [-0.39, 0.29) is 6.10 Å². The Bertz CT molecular complexity index is 665. The Hall–Kier alpha value is -1.57. The summed E-state index contributed by atoms with van der Waals surface area (Å²) < 4.78 is 29.1. The first-order valence-electron chi connectivity index (χ1n) is 9.56. The predicted molar refractivity (Wildman–Crippen MR) is 103 cm³/mol. The van der Waals surface area contributed by atoms with Crippen LogP contribution in [0, 0.1) is 0 Å². The largest absolute Gasteiger partial charge is 0.499 e. The van der Waals surface area contributed by atoms with Crippen molar-refractivity contribution in [2.24, 2.45) is 0 Å². The molecule has 3 rings (SSSR count). The monoisotopic (exact) mass is 376 g/mol. The second-order valence-electron chi connectivity index (χ2n) is 8.10. The smallest absolute Gasteiger partial charge is 0.491 e. The Labute approximate surface area is 161 Å². The molecule has 1 aromatic carbocycles. The van der Waals surface area contributed by atoms with Crippen LogP contribution in [-0.4, -0.2) is 50.7 Å². The first-order valence-corrected chi connectivity index (χ1v) is 9.56. The maximum absolute atomic E-state index is 12.4. The van der Waals surface area contributed by atoms with Crippen LogP contribution in [0.15, 0.2) is 18.2 Å². The Balaban J connectivity index is 1.90. The molecule has 1 atom stereocenters. The van der Waals surface area contributed by atoms with Gasteiger partial charge in [0, 0.05) is 12.1 Å². The fourth-order valence-corrected chi connectivity index (χ4v) is 3.28. The number of rotatable bonds is 5. The molecule has 2 saturated heterocycles. The van der Waals surface area contributed by atoms with Gasteiger partial charge >= 0.3 is 13.1 Å². The first-order chi connectivity index (χ1) is 12.7. The first kappa shape index (κ1) is 20.2. The van der Waals surface area contributed by atoms with Crippen LogP contribution < -0.4 is 10.2 Å². The molecule has 0 N–H and O–H groups in total. The summed E-state index contributed by atoms with van der Waals surface area (Å²) in [7, 11) is 0.646.